The average Bonchev–Trinajstić information content (AvgIpc) is 2.69. The van der Waals surface area contributed by atoms with Gasteiger partial charge in [0.1, 0.15) is 5.60 Å². The normalized spacial score (nSPS) is 18.5. The van der Waals surface area contributed by atoms with Gasteiger partial charge in [-0.3, -0.25) is 9.79 Å². The molecular formula is C26H39N3O3S. The van der Waals surface area contributed by atoms with Crippen LogP contribution in [-0.2, 0) is 16.0 Å². The number of carbonyl (C=O) groups is 2. The van der Waals surface area contributed by atoms with Crippen molar-refractivity contribution in [3.63, 3.8) is 0 Å². The Bertz CT molecular complexity index is 831. The van der Waals surface area contributed by atoms with Crippen LogP contribution in [0.2, 0.25) is 0 Å². The van der Waals surface area contributed by atoms with Gasteiger partial charge in [-0.05, 0) is 51.5 Å². The highest BCUT2D eigenvalue weighted by molar-refractivity contribution is 8.14. The van der Waals surface area contributed by atoms with Crippen LogP contribution in [0.25, 0.3) is 0 Å². The summed E-state index contributed by atoms with van der Waals surface area (Å²) in [5, 5.41) is 7.09. The summed E-state index contributed by atoms with van der Waals surface area (Å²) in [6, 6.07) is 9.73. The number of rotatable bonds is 8. The van der Waals surface area contributed by atoms with Crippen molar-refractivity contribution in [3.8, 4) is 0 Å². The van der Waals surface area contributed by atoms with Crippen LogP contribution in [-0.4, -0.2) is 40.6 Å². The lowest BCUT2D eigenvalue weighted by atomic mass is 9.95. The fraction of sp³-hybridized carbons (Fsp3) is 0.577. The molecule has 1 aliphatic rings. The summed E-state index contributed by atoms with van der Waals surface area (Å²) in [5.74, 6) is -0.107. The van der Waals surface area contributed by atoms with Crippen molar-refractivity contribution in [2.45, 2.75) is 77.7 Å². The quantitative estimate of drug-likeness (QED) is 0.500. The van der Waals surface area contributed by atoms with E-state index in [-0.39, 0.29) is 17.9 Å². The van der Waals surface area contributed by atoms with Crippen molar-refractivity contribution in [1.82, 2.24) is 10.6 Å². The third-order valence-corrected chi connectivity index (χ3v) is 6.06. The molecular weight excluding hydrogens is 434 g/mol. The number of nitrogens with one attached hydrogen (secondary N) is 2. The molecule has 0 fully saturated rings. The molecule has 0 radical (unpaired) electrons. The fourth-order valence-corrected chi connectivity index (χ4v) is 4.37. The van der Waals surface area contributed by atoms with Crippen LogP contribution in [0.1, 0.15) is 59.9 Å². The van der Waals surface area contributed by atoms with Crippen molar-refractivity contribution < 1.29 is 14.3 Å². The van der Waals surface area contributed by atoms with Crippen LogP contribution in [0, 0.1) is 11.8 Å². The second-order valence-electron chi connectivity index (χ2n) is 9.96. The Labute approximate surface area is 203 Å². The number of ether oxygens (including phenoxy) is 1. The first-order valence-electron chi connectivity index (χ1n) is 11.8. The lowest BCUT2D eigenvalue weighted by molar-refractivity contribution is -0.122. The van der Waals surface area contributed by atoms with Crippen LogP contribution < -0.4 is 10.6 Å². The lowest BCUT2D eigenvalue weighted by Crippen LogP contribution is -2.39. The summed E-state index contributed by atoms with van der Waals surface area (Å²) < 4.78 is 5.43. The van der Waals surface area contributed by atoms with Crippen LogP contribution >= 0.6 is 11.8 Å². The van der Waals surface area contributed by atoms with Gasteiger partial charge in [-0.15, -0.1) is 0 Å². The maximum absolute atomic E-state index is 13.2. The lowest BCUT2D eigenvalue weighted by Gasteiger charge is -2.23. The highest BCUT2D eigenvalue weighted by Crippen LogP contribution is 2.21. The molecule has 3 atom stereocenters. The standard InChI is InChI=1S/C26H39N3O3S/c1-18(2)16-22(28-25(31)32-26(4,5)6)13-12-21(17-20-10-8-7-9-11-20)23(30)29-24-27-15-14-19(3)33-24/h7-13,18-19,21-22H,14-17H2,1-6H3,(H,28,31)(H,27,29,30)/t19?,21-,22-/m1/s1. The molecule has 7 heteroatoms. The Kier molecular flexibility index (Phi) is 10.5. The topological polar surface area (TPSA) is 79.8 Å². The van der Waals surface area contributed by atoms with E-state index in [1.54, 1.807) is 11.8 Å². The molecule has 1 unspecified atom stereocenters. The van der Waals surface area contributed by atoms with E-state index in [0.29, 0.717) is 22.8 Å². The summed E-state index contributed by atoms with van der Waals surface area (Å²) >= 11 is 1.61. The second kappa shape index (κ2) is 12.8. The van der Waals surface area contributed by atoms with Crippen LogP contribution in [0.5, 0.6) is 0 Å². The molecule has 0 bridgehead atoms. The summed E-state index contributed by atoms with van der Waals surface area (Å²) in [6.45, 7) is 12.6. The SMILES string of the molecule is CC(C)C[C@@H](C=C[C@H](Cc1ccccc1)C(=O)NC1=NCCC(C)S1)NC(=O)OC(C)(C)C. The number of benzene rings is 1. The Balaban J connectivity index is 2.17. The van der Waals surface area contributed by atoms with Gasteiger partial charge in [-0.2, -0.15) is 0 Å². The third kappa shape index (κ3) is 10.9. The van der Waals surface area contributed by atoms with Crippen molar-refractivity contribution in [3.05, 3.63) is 48.0 Å². The zero-order valence-corrected chi connectivity index (χ0v) is 21.6. The molecule has 1 aromatic rings. The minimum Gasteiger partial charge on any atom is -0.444 e. The summed E-state index contributed by atoms with van der Waals surface area (Å²) in [6.07, 6.45) is 5.71. The zero-order chi connectivity index (χ0) is 24.4. The summed E-state index contributed by atoms with van der Waals surface area (Å²) in [5.41, 5.74) is 0.510. The van der Waals surface area contributed by atoms with Gasteiger partial charge in [-0.25, -0.2) is 4.79 Å². The van der Waals surface area contributed by atoms with Gasteiger partial charge in [0, 0.05) is 11.8 Å². The van der Waals surface area contributed by atoms with Crippen molar-refractivity contribution in [2.24, 2.45) is 16.8 Å². The zero-order valence-electron chi connectivity index (χ0n) is 20.8. The Morgan fingerprint density at radius 3 is 2.52 bits per heavy atom. The van der Waals surface area contributed by atoms with Crippen molar-refractivity contribution >= 4 is 28.9 Å². The predicted molar refractivity (Wildman–Crippen MR) is 138 cm³/mol. The third-order valence-electron chi connectivity index (χ3n) is 4.97. The average molecular weight is 474 g/mol. The second-order valence-corrected chi connectivity index (χ2v) is 11.4. The fourth-order valence-electron chi connectivity index (χ4n) is 3.44. The van der Waals surface area contributed by atoms with Crippen molar-refractivity contribution in [1.29, 1.82) is 0 Å². The van der Waals surface area contributed by atoms with E-state index >= 15 is 0 Å². The number of nitrogens with zero attached hydrogens (tertiary/aromatic N) is 1. The summed E-state index contributed by atoms with van der Waals surface area (Å²) in [4.78, 5) is 30.0. The molecule has 0 aliphatic carbocycles. The molecule has 1 heterocycles. The van der Waals surface area contributed by atoms with E-state index in [1.807, 2.05) is 63.3 Å². The maximum atomic E-state index is 13.2. The Hall–Kier alpha value is -2.28. The van der Waals surface area contributed by atoms with E-state index in [4.69, 9.17) is 4.74 Å². The van der Waals surface area contributed by atoms with Crippen LogP contribution in [0.3, 0.4) is 0 Å². The van der Waals surface area contributed by atoms with E-state index in [2.05, 4.69) is 36.4 Å². The number of hydrogen-bond donors (Lipinski definition) is 2. The van der Waals surface area contributed by atoms with E-state index in [9.17, 15) is 9.59 Å². The molecule has 33 heavy (non-hydrogen) atoms. The highest BCUT2D eigenvalue weighted by Gasteiger charge is 2.23. The number of aliphatic imine (C=N–C) groups is 1. The maximum Gasteiger partial charge on any atom is 0.408 e. The molecule has 2 amide bonds. The molecule has 1 aromatic carbocycles. The molecule has 0 saturated heterocycles. The number of amides is 2. The smallest absolute Gasteiger partial charge is 0.408 e. The first kappa shape index (κ1) is 27.0. The van der Waals surface area contributed by atoms with Gasteiger partial charge in [0.15, 0.2) is 5.17 Å². The number of carbonyl (C=O) groups excluding carboxylic acids is 2. The predicted octanol–water partition coefficient (Wildman–Crippen LogP) is 5.34. The molecule has 1 aliphatic heterocycles. The van der Waals surface area contributed by atoms with Crippen molar-refractivity contribution in [2.75, 3.05) is 6.54 Å². The number of hydrogen-bond acceptors (Lipinski definition) is 5. The van der Waals surface area contributed by atoms with Gasteiger partial charge in [0.2, 0.25) is 5.91 Å². The first-order valence-corrected chi connectivity index (χ1v) is 12.6. The minimum atomic E-state index is -0.568. The van der Waals surface area contributed by atoms with Crippen LogP contribution in [0.15, 0.2) is 47.5 Å². The Morgan fingerprint density at radius 1 is 1.21 bits per heavy atom. The highest BCUT2D eigenvalue weighted by atomic mass is 32.2. The van der Waals surface area contributed by atoms with Crippen LogP contribution in [0.4, 0.5) is 4.79 Å². The molecule has 6 nitrogen and oxygen atoms in total. The van der Waals surface area contributed by atoms with Gasteiger partial charge in [0.25, 0.3) is 0 Å². The Morgan fingerprint density at radius 2 is 1.91 bits per heavy atom. The molecule has 0 spiro atoms. The van der Waals surface area contributed by atoms with Gasteiger partial charge >= 0.3 is 6.09 Å². The molecule has 0 saturated carbocycles. The number of amidine groups is 1. The largest absolute Gasteiger partial charge is 0.444 e. The molecule has 0 aromatic heterocycles. The molecule has 2 N–H and O–H groups in total. The van der Waals surface area contributed by atoms with Gasteiger partial charge in [0.05, 0.1) is 12.0 Å². The van der Waals surface area contributed by atoms with E-state index in [0.717, 1.165) is 24.9 Å². The number of alkyl carbamates (subject to hydrolysis) is 1. The number of thioether (sulfide) groups is 1. The monoisotopic (exact) mass is 473 g/mol. The van der Waals surface area contributed by atoms with E-state index < -0.39 is 11.7 Å². The van der Waals surface area contributed by atoms with Gasteiger partial charge in [-0.1, -0.05) is 75.0 Å². The minimum absolute atomic E-state index is 0.0870. The van der Waals surface area contributed by atoms with E-state index in [1.165, 1.54) is 0 Å². The molecule has 182 valence electrons. The van der Waals surface area contributed by atoms with Gasteiger partial charge < -0.3 is 15.4 Å². The molecule has 2 rings (SSSR count). The summed E-state index contributed by atoms with van der Waals surface area (Å²) in [7, 11) is 0. The first-order chi connectivity index (χ1) is 15.5.